The van der Waals surface area contributed by atoms with Crippen LogP contribution in [0, 0.1) is 5.92 Å². The van der Waals surface area contributed by atoms with Gasteiger partial charge in [-0.1, -0.05) is 12.1 Å². The minimum Gasteiger partial charge on any atom is -0.339 e. The Morgan fingerprint density at radius 3 is 2.79 bits per heavy atom. The van der Waals surface area contributed by atoms with E-state index in [0.29, 0.717) is 12.3 Å². The molecule has 2 rings (SSSR count). The average Bonchev–Trinajstić information content (AvgIpc) is 2.86. The molecule has 0 radical (unpaired) electrons. The summed E-state index contributed by atoms with van der Waals surface area (Å²) in [5.74, 6) is 2.70. The van der Waals surface area contributed by atoms with Crippen molar-refractivity contribution in [2.24, 2.45) is 11.7 Å². The third-order valence-corrected chi connectivity index (χ3v) is 2.71. The van der Waals surface area contributed by atoms with Gasteiger partial charge in [0.1, 0.15) is 0 Å². The van der Waals surface area contributed by atoms with Crippen LogP contribution in [0.2, 0.25) is 0 Å². The van der Waals surface area contributed by atoms with Crippen LogP contribution in [0.3, 0.4) is 0 Å². The SMILES string of the molecule is CC(N)Cc1noc(C(C)C2CC2)n1. The number of aromatic nitrogens is 2. The van der Waals surface area contributed by atoms with Gasteiger partial charge in [0.25, 0.3) is 0 Å². The Kier molecular flexibility index (Phi) is 2.54. The van der Waals surface area contributed by atoms with Gasteiger partial charge in [0, 0.05) is 18.4 Å². The third-order valence-electron chi connectivity index (χ3n) is 2.71. The molecule has 1 heterocycles. The summed E-state index contributed by atoms with van der Waals surface area (Å²) >= 11 is 0. The molecule has 4 nitrogen and oxygen atoms in total. The van der Waals surface area contributed by atoms with Gasteiger partial charge in [0.2, 0.25) is 5.89 Å². The number of nitrogens with two attached hydrogens (primary N) is 1. The fraction of sp³-hybridized carbons (Fsp3) is 0.800. The standard InChI is InChI=1S/C10H17N3O/c1-6(11)5-9-12-10(14-13-9)7(2)8-3-4-8/h6-8H,3-5,11H2,1-2H3. The van der Waals surface area contributed by atoms with Crippen LogP contribution in [0.4, 0.5) is 0 Å². The summed E-state index contributed by atoms with van der Waals surface area (Å²) in [6.45, 7) is 4.10. The molecule has 1 aromatic heterocycles. The molecule has 78 valence electrons. The minimum absolute atomic E-state index is 0.0941. The van der Waals surface area contributed by atoms with Crippen LogP contribution in [0.1, 0.15) is 44.3 Å². The fourth-order valence-corrected chi connectivity index (χ4v) is 1.62. The lowest BCUT2D eigenvalue weighted by Crippen LogP contribution is -2.18. The zero-order chi connectivity index (χ0) is 10.1. The highest BCUT2D eigenvalue weighted by atomic mass is 16.5. The van der Waals surface area contributed by atoms with E-state index in [1.165, 1.54) is 12.8 Å². The molecule has 0 saturated heterocycles. The summed E-state index contributed by atoms with van der Waals surface area (Å²) in [5.41, 5.74) is 5.66. The van der Waals surface area contributed by atoms with Crippen LogP contribution in [-0.2, 0) is 6.42 Å². The molecule has 0 amide bonds. The molecule has 2 atom stereocenters. The lowest BCUT2D eigenvalue weighted by atomic mass is 10.1. The summed E-state index contributed by atoms with van der Waals surface area (Å²) in [4.78, 5) is 4.35. The lowest BCUT2D eigenvalue weighted by molar-refractivity contribution is 0.344. The first-order chi connectivity index (χ1) is 6.66. The van der Waals surface area contributed by atoms with Gasteiger partial charge in [-0.3, -0.25) is 0 Å². The van der Waals surface area contributed by atoms with Gasteiger partial charge in [-0.05, 0) is 25.7 Å². The molecule has 0 aliphatic heterocycles. The van der Waals surface area contributed by atoms with Crippen LogP contribution >= 0.6 is 0 Å². The summed E-state index contributed by atoms with van der Waals surface area (Å²) in [7, 11) is 0. The topological polar surface area (TPSA) is 64.9 Å². The molecule has 1 saturated carbocycles. The number of rotatable bonds is 4. The molecule has 4 heteroatoms. The van der Waals surface area contributed by atoms with E-state index in [4.69, 9.17) is 10.3 Å². The van der Waals surface area contributed by atoms with E-state index < -0.39 is 0 Å². The molecule has 0 spiro atoms. The molecule has 1 aliphatic carbocycles. The largest absolute Gasteiger partial charge is 0.339 e. The van der Waals surface area contributed by atoms with Crippen molar-refractivity contribution in [3.05, 3.63) is 11.7 Å². The van der Waals surface area contributed by atoms with Gasteiger partial charge >= 0.3 is 0 Å². The molecular formula is C10H17N3O. The van der Waals surface area contributed by atoms with E-state index in [-0.39, 0.29) is 6.04 Å². The second-order valence-corrected chi connectivity index (χ2v) is 4.36. The Bertz CT molecular complexity index is 304. The van der Waals surface area contributed by atoms with Crippen molar-refractivity contribution in [3.63, 3.8) is 0 Å². The third kappa shape index (κ3) is 2.12. The maximum absolute atomic E-state index is 5.66. The molecular weight excluding hydrogens is 178 g/mol. The highest BCUT2D eigenvalue weighted by molar-refractivity contribution is 4.99. The quantitative estimate of drug-likeness (QED) is 0.790. The smallest absolute Gasteiger partial charge is 0.229 e. The van der Waals surface area contributed by atoms with Gasteiger partial charge in [-0.25, -0.2) is 0 Å². The molecule has 0 bridgehead atoms. The highest BCUT2D eigenvalue weighted by Gasteiger charge is 2.32. The summed E-state index contributed by atoms with van der Waals surface area (Å²) < 4.78 is 5.21. The zero-order valence-corrected chi connectivity index (χ0v) is 8.73. The van der Waals surface area contributed by atoms with Gasteiger partial charge < -0.3 is 10.3 Å². The van der Waals surface area contributed by atoms with Crippen LogP contribution in [-0.4, -0.2) is 16.2 Å². The van der Waals surface area contributed by atoms with Gasteiger partial charge in [0.05, 0.1) is 0 Å². The molecule has 2 unspecified atom stereocenters. The number of nitrogens with zero attached hydrogens (tertiary/aromatic N) is 2. The summed E-state index contributed by atoms with van der Waals surface area (Å²) in [6, 6.07) is 0.0941. The highest BCUT2D eigenvalue weighted by Crippen LogP contribution is 2.41. The Morgan fingerprint density at radius 1 is 1.50 bits per heavy atom. The predicted octanol–water partition coefficient (Wildman–Crippen LogP) is 1.47. The normalized spacial score (nSPS) is 20.8. The molecule has 14 heavy (non-hydrogen) atoms. The van der Waals surface area contributed by atoms with Crippen molar-refractivity contribution >= 4 is 0 Å². The molecule has 0 aromatic carbocycles. The van der Waals surface area contributed by atoms with Crippen molar-refractivity contribution < 1.29 is 4.52 Å². The van der Waals surface area contributed by atoms with Crippen molar-refractivity contribution in [1.29, 1.82) is 0 Å². The van der Waals surface area contributed by atoms with E-state index in [9.17, 15) is 0 Å². The first-order valence-electron chi connectivity index (χ1n) is 5.25. The Hall–Kier alpha value is -0.900. The number of hydrogen-bond acceptors (Lipinski definition) is 4. The monoisotopic (exact) mass is 195 g/mol. The Morgan fingerprint density at radius 2 is 2.21 bits per heavy atom. The first kappa shape index (κ1) is 9.65. The fourth-order valence-electron chi connectivity index (χ4n) is 1.62. The minimum atomic E-state index is 0.0941. The maximum atomic E-state index is 5.66. The predicted molar refractivity (Wildman–Crippen MR) is 52.8 cm³/mol. The molecule has 1 fully saturated rings. The first-order valence-corrected chi connectivity index (χ1v) is 5.25. The van der Waals surface area contributed by atoms with Crippen LogP contribution in [0.5, 0.6) is 0 Å². The van der Waals surface area contributed by atoms with Gasteiger partial charge in [-0.2, -0.15) is 4.98 Å². The van der Waals surface area contributed by atoms with Crippen LogP contribution in [0.15, 0.2) is 4.52 Å². The zero-order valence-electron chi connectivity index (χ0n) is 8.73. The second kappa shape index (κ2) is 3.69. The van der Waals surface area contributed by atoms with E-state index in [2.05, 4.69) is 17.1 Å². The molecule has 2 N–H and O–H groups in total. The van der Waals surface area contributed by atoms with Crippen LogP contribution in [0.25, 0.3) is 0 Å². The average molecular weight is 195 g/mol. The summed E-state index contributed by atoms with van der Waals surface area (Å²) in [5, 5.41) is 3.92. The number of hydrogen-bond donors (Lipinski definition) is 1. The lowest BCUT2D eigenvalue weighted by Gasteiger charge is -2.01. The second-order valence-electron chi connectivity index (χ2n) is 4.36. The van der Waals surface area contributed by atoms with E-state index >= 15 is 0 Å². The Labute approximate surface area is 83.9 Å². The van der Waals surface area contributed by atoms with Crippen molar-refractivity contribution in [2.75, 3.05) is 0 Å². The Balaban J connectivity index is 2.01. The van der Waals surface area contributed by atoms with Crippen molar-refractivity contribution in [2.45, 2.75) is 45.1 Å². The van der Waals surface area contributed by atoms with E-state index in [0.717, 1.165) is 17.6 Å². The van der Waals surface area contributed by atoms with Crippen LogP contribution < -0.4 is 5.73 Å². The molecule has 1 aliphatic rings. The van der Waals surface area contributed by atoms with Gasteiger partial charge in [0.15, 0.2) is 5.82 Å². The van der Waals surface area contributed by atoms with Gasteiger partial charge in [-0.15, -0.1) is 0 Å². The maximum Gasteiger partial charge on any atom is 0.229 e. The molecule has 1 aromatic rings. The summed E-state index contributed by atoms with van der Waals surface area (Å²) in [6.07, 6.45) is 3.29. The van der Waals surface area contributed by atoms with E-state index in [1.54, 1.807) is 0 Å². The van der Waals surface area contributed by atoms with E-state index in [1.807, 2.05) is 6.92 Å². The van der Waals surface area contributed by atoms with Crippen molar-refractivity contribution in [3.8, 4) is 0 Å². The van der Waals surface area contributed by atoms with Crippen molar-refractivity contribution in [1.82, 2.24) is 10.1 Å².